The molecule has 0 aliphatic heterocycles. The molecule has 19 heavy (non-hydrogen) atoms. The first kappa shape index (κ1) is 12.4. The number of halogens is 1. The summed E-state index contributed by atoms with van der Waals surface area (Å²) in [5.74, 6) is 1.19. The molecule has 0 spiro atoms. The Kier molecular flexibility index (Phi) is 3.60. The molecule has 1 aromatic carbocycles. The Balaban J connectivity index is 1.87. The Labute approximate surface area is 117 Å². The van der Waals surface area contributed by atoms with Crippen molar-refractivity contribution in [3.63, 3.8) is 0 Å². The van der Waals surface area contributed by atoms with Crippen LogP contribution < -0.4 is 5.32 Å². The summed E-state index contributed by atoms with van der Waals surface area (Å²) in [6, 6.07) is 10.3. The van der Waals surface area contributed by atoms with Crippen molar-refractivity contribution in [3.05, 3.63) is 35.6 Å². The van der Waals surface area contributed by atoms with Crippen molar-refractivity contribution >= 4 is 17.5 Å². The van der Waals surface area contributed by atoms with Gasteiger partial charge in [-0.05, 0) is 24.4 Å². The van der Waals surface area contributed by atoms with E-state index in [1.54, 1.807) is 0 Å². The fourth-order valence-electron chi connectivity index (χ4n) is 2.38. The summed E-state index contributed by atoms with van der Waals surface area (Å²) in [6.45, 7) is 0. The summed E-state index contributed by atoms with van der Waals surface area (Å²) in [7, 11) is 0. The average molecular weight is 275 g/mol. The predicted molar refractivity (Wildman–Crippen MR) is 76.2 cm³/mol. The lowest BCUT2D eigenvalue weighted by Gasteiger charge is -2.12. The molecule has 0 atom stereocenters. The second-order valence-corrected chi connectivity index (χ2v) is 5.08. The molecule has 1 aromatic heterocycles. The largest absolute Gasteiger partial charge is 0.351 e. The maximum atomic E-state index is 5.98. The first-order chi connectivity index (χ1) is 9.31. The minimum atomic E-state index is 0.231. The number of benzene rings is 1. The molecule has 2 aromatic rings. The quantitative estimate of drug-likeness (QED) is 0.930. The molecule has 0 bridgehead atoms. The van der Waals surface area contributed by atoms with Gasteiger partial charge < -0.3 is 5.32 Å². The first-order valence-electron chi connectivity index (χ1n) is 6.55. The Bertz CT molecular complexity index is 553. The van der Waals surface area contributed by atoms with Gasteiger partial charge in [-0.2, -0.15) is 15.0 Å². The molecular weight excluding hydrogens is 260 g/mol. The number of aromatic nitrogens is 3. The molecule has 1 heterocycles. The Morgan fingerprint density at radius 1 is 1.00 bits per heavy atom. The van der Waals surface area contributed by atoms with Crippen LogP contribution in [0.2, 0.25) is 5.28 Å². The van der Waals surface area contributed by atoms with Crippen molar-refractivity contribution in [2.45, 2.75) is 31.7 Å². The van der Waals surface area contributed by atoms with Gasteiger partial charge in [0.2, 0.25) is 11.2 Å². The van der Waals surface area contributed by atoms with E-state index in [1.165, 1.54) is 25.7 Å². The molecule has 1 aliphatic carbocycles. The van der Waals surface area contributed by atoms with Gasteiger partial charge in [0.25, 0.3) is 0 Å². The highest BCUT2D eigenvalue weighted by atomic mass is 35.5. The van der Waals surface area contributed by atoms with E-state index < -0.39 is 0 Å². The highest BCUT2D eigenvalue weighted by Gasteiger charge is 2.16. The van der Waals surface area contributed by atoms with Crippen LogP contribution in [-0.2, 0) is 0 Å². The van der Waals surface area contributed by atoms with Gasteiger partial charge in [-0.3, -0.25) is 0 Å². The number of hydrogen-bond donors (Lipinski definition) is 1. The van der Waals surface area contributed by atoms with E-state index in [0.29, 0.717) is 17.8 Å². The molecule has 98 valence electrons. The van der Waals surface area contributed by atoms with E-state index in [1.807, 2.05) is 30.3 Å². The topological polar surface area (TPSA) is 50.7 Å². The third-order valence-electron chi connectivity index (χ3n) is 3.33. The zero-order valence-corrected chi connectivity index (χ0v) is 11.3. The fraction of sp³-hybridized carbons (Fsp3) is 0.357. The summed E-state index contributed by atoms with van der Waals surface area (Å²) >= 11 is 5.98. The van der Waals surface area contributed by atoms with Crippen molar-refractivity contribution in [1.29, 1.82) is 0 Å². The van der Waals surface area contributed by atoms with Crippen molar-refractivity contribution in [2.75, 3.05) is 5.32 Å². The zero-order valence-electron chi connectivity index (χ0n) is 10.5. The van der Waals surface area contributed by atoms with Gasteiger partial charge in [-0.25, -0.2) is 0 Å². The van der Waals surface area contributed by atoms with Crippen LogP contribution in [0.4, 0.5) is 5.95 Å². The summed E-state index contributed by atoms with van der Waals surface area (Å²) in [5.41, 5.74) is 0.946. The number of hydrogen-bond acceptors (Lipinski definition) is 4. The number of anilines is 1. The van der Waals surface area contributed by atoms with Gasteiger partial charge in [0.05, 0.1) is 0 Å². The van der Waals surface area contributed by atoms with E-state index in [0.717, 1.165) is 5.56 Å². The standard InChI is InChI=1S/C14H15ClN4/c15-13-17-12(10-6-2-1-3-7-10)18-14(19-13)16-11-8-4-5-9-11/h1-3,6-7,11H,4-5,8-9H2,(H,16,17,18,19). The van der Waals surface area contributed by atoms with Crippen LogP contribution in [0.5, 0.6) is 0 Å². The van der Waals surface area contributed by atoms with Crippen molar-refractivity contribution < 1.29 is 0 Å². The van der Waals surface area contributed by atoms with Crippen molar-refractivity contribution in [1.82, 2.24) is 15.0 Å². The second-order valence-electron chi connectivity index (χ2n) is 4.74. The molecule has 5 heteroatoms. The van der Waals surface area contributed by atoms with Crippen molar-refractivity contribution in [2.24, 2.45) is 0 Å². The summed E-state index contributed by atoms with van der Waals surface area (Å²) in [5, 5.41) is 3.58. The van der Waals surface area contributed by atoms with Crippen LogP contribution in [0.25, 0.3) is 11.4 Å². The molecule has 1 N–H and O–H groups in total. The Morgan fingerprint density at radius 2 is 1.74 bits per heavy atom. The third kappa shape index (κ3) is 3.01. The van der Waals surface area contributed by atoms with Crippen LogP contribution in [0.3, 0.4) is 0 Å². The zero-order chi connectivity index (χ0) is 13.1. The van der Waals surface area contributed by atoms with Gasteiger partial charge in [0.15, 0.2) is 5.82 Å². The lowest BCUT2D eigenvalue weighted by molar-refractivity contribution is 0.742. The molecule has 4 nitrogen and oxygen atoms in total. The van der Waals surface area contributed by atoms with Gasteiger partial charge >= 0.3 is 0 Å². The number of nitrogens with one attached hydrogen (secondary N) is 1. The van der Waals surface area contributed by atoms with Crippen LogP contribution in [-0.4, -0.2) is 21.0 Å². The molecule has 3 rings (SSSR count). The molecule has 0 amide bonds. The second kappa shape index (κ2) is 5.53. The maximum Gasteiger partial charge on any atom is 0.227 e. The minimum Gasteiger partial charge on any atom is -0.351 e. The third-order valence-corrected chi connectivity index (χ3v) is 3.50. The highest BCUT2D eigenvalue weighted by Crippen LogP contribution is 2.22. The van der Waals surface area contributed by atoms with E-state index >= 15 is 0 Å². The van der Waals surface area contributed by atoms with Gasteiger partial charge in [-0.15, -0.1) is 0 Å². The number of rotatable bonds is 3. The Morgan fingerprint density at radius 3 is 2.47 bits per heavy atom. The van der Waals surface area contributed by atoms with Crippen molar-refractivity contribution in [3.8, 4) is 11.4 Å². The van der Waals surface area contributed by atoms with Crippen LogP contribution in [0.15, 0.2) is 30.3 Å². The van der Waals surface area contributed by atoms with Crippen LogP contribution >= 0.6 is 11.6 Å². The molecule has 1 aliphatic rings. The van der Waals surface area contributed by atoms with E-state index in [2.05, 4.69) is 20.3 Å². The molecule has 1 fully saturated rings. The van der Waals surface area contributed by atoms with Crippen LogP contribution in [0, 0.1) is 0 Å². The van der Waals surface area contributed by atoms with E-state index in [-0.39, 0.29) is 5.28 Å². The number of nitrogens with zero attached hydrogens (tertiary/aromatic N) is 3. The average Bonchev–Trinajstić information content (AvgIpc) is 2.92. The first-order valence-corrected chi connectivity index (χ1v) is 6.92. The maximum absolute atomic E-state index is 5.98. The molecule has 0 radical (unpaired) electrons. The lowest BCUT2D eigenvalue weighted by atomic mass is 10.2. The molecular formula is C14H15ClN4. The smallest absolute Gasteiger partial charge is 0.227 e. The minimum absolute atomic E-state index is 0.231. The van der Waals surface area contributed by atoms with Gasteiger partial charge in [0, 0.05) is 11.6 Å². The fourth-order valence-corrected chi connectivity index (χ4v) is 2.54. The summed E-state index contributed by atoms with van der Waals surface area (Å²) in [4.78, 5) is 12.8. The predicted octanol–water partition coefficient (Wildman–Crippen LogP) is 3.55. The van der Waals surface area contributed by atoms with Crippen LogP contribution in [0.1, 0.15) is 25.7 Å². The molecule has 1 saturated carbocycles. The highest BCUT2D eigenvalue weighted by molar-refractivity contribution is 6.28. The summed E-state index contributed by atoms with van der Waals surface area (Å²) < 4.78 is 0. The Hall–Kier alpha value is -1.68. The normalized spacial score (nSPS) is 15.6. The van der Waals surface area contributed by atoms with E-state index in [4.69, 9.17) is 11.6 Å². The molecule has 0 unspecified atom stereocenters. The lowest BCUT2D eigenvalue weighted by Crippen LogP contribution is -2.17. The SMILES string of the molecule is Clc1nc(NC2CCCC2)nc(-c2ccccc2)n1. The molecule has 0 saturated heterocycles. The monoisotopic (exact) mass is 274 g/mol. The van der Waals surface area contributed by atoms with Gasteiger partial charge in [-0.1, -0.05) is 43.2 Å². The van der Waals surface area contributed by atoms with Gasteiger partial charge in [0.1, 0.15) is 0 Å². The van der Waals surface area contributed by atoms with E-state index in [9.17, 15) is 0 Å². The summed E-state index contributed by atoms with van der Waals surface area (Å²) in [6.07, 6.45) is 4.87.